The smallest absolute Gasteiger partial charge is 0.240 e. The summed E-state index contributed by atoms with van der Waals surface area (Å²) in [6.45, 7) is 4.00. The molecule has 0 aromatic heterocycles. The molecule has 1 aliphatic heterocycles. The highest BCUT2D eigenvalue weighted by Crippen LogP contribution is 2.26. The van der Waals surface area contributed by atoms with E-state index in [1.54, 1.807) is 18.2 Å². The molecule has 1 heterocycles. The minimum Gasteiger partial charge on any atom is -0.326 e. The number of carbonyl (C=O) groups is 2. The number of nitrogens with one attached hydrogen (secondary N) is 2. The lowest BCUT2D eigenvalue weighted by molar-refractivity contribution is -0.122. The summed E-state index contributed by atoms with van der Waals surface area (Å²) in [5.41, 5.74) is 0.543. The van der Waals surface area contributed by atoms with Gasteiger partial charge >= 0.3 is 0 Å². The zero-order chi connectivity index (χ0) is 17.0. The highest BCUT2D eigenvalue weighted by molar-refractivity contribution is 8.15. The van der Waals surface area contributed by atoms with Crippen LogP contribution >= 0.6 is 35.0 Å². The van der Waals surface area contributed by atoms with E-state index in [0.29, 0.717) is 20.9 Å². The Morgan fingerprint density at radius 2 is 2.17 bits per heavy atom. The molecule has 0 saturated carbocycles. The van der Waals surface area contributed by atoms with Crippen LogP contribution in [0.4, 0.5) is 5.69 Å². The minimum absolute atomic E-state index is 0.0657. The van der Waals surface area contributed by atoms with Gasteiger partial charge in [-0.2, -0.15) is 0 Å². The molecular weight excluding hydrogens is 357 g/mol. The van der Waals surface area contributed by atoms with E-state index in [2.05, 4.69) is 15.6 Å². The van der Waals surface area contributed by atoms with Gasteiger partial charge in [0, 0.05) is 18.2 Å². The van der Waals surface area contributed by atoms with Crippen molar-refractivity contribution in [1.29, 1.82) is 0 Å². The number of anilines is 1. The van der Waals surface area contributed by atoms with E-state index in [1.807, 2.05) is 13.8 Å². The molecule has 0 aliphatic carbocycles. The lowest BCUT2D eigenvalue weighted by atomic mass is 10.2. The summed E-state index contributed by atoms with van der Waals surface area (Å²) in [6.07, 6.45) is 0.957. The van der Waals surface area contributed by atoms with Gasteiger partial charge in [-0.25, -0.2) is 0 Å². The number of thioether (sulfide) groups is 1. The zero-order valence-electron chi connectivity index (χ0n) is 12.7. The third-order valence-electron chi connectivity index (χ3n) is 3.28. The van der Waals surface area contributed by atoms with Gasteiger partial charge in [-0.3, -0.25) is 14.6 Å². The average molecular weight is 374 g/mol. The van der Waals surface area contributed by atoms with Crippen LogP contribution in [0, 0.1) is 0 Å². The van der Waals surface area contributed by atoms with Gasteiger partial charge in [0.1, 0.15) is 5.25 Å². The fraction of sp³-hybridized carbons (Fsp3) is 0.400. The second kappa shape index (κ2) is 8.04. The van der Waals surface area contributed by atoms with Crippen LogP contribution in [-0.2, 0) is 9.59 Å². The molecule has 8 heteroatoms. The second-order valence-corrected chi connectivity index (χ2v) is 7.17. The summed E-state index contributed by atoms with van der Waals surface area (Å²) >= 11 is 13.0. The van der Waals surface area contributed by atoms with Gasteiger partial charge in [0.2, 0.25) is 11.8 Å². The summed E-state index contributed by atoms with van der Waals surface area (Å²) in [5.74, 6) is -0.456. The van der Waals surface area contributed by atoms with Gasteiger partial charge in [-0.15, -0.1) is 0 Å². The summed E-state index contributed by atoms with van der Waals surface area (Å²) in [7, 11) is 0. The van der Waals surface area contributed by atoms with Crippen molar-refractivity contribution >= 4 is 57.6 Å². The number of amides is 2. The molecule has 1 aliphatic rings. The van der Waals surface area contributed by atoms with Crippen LogP contribution in [-0.4, -0.2) is 28.3 Å². The zero-order valence-corrected chi connectivity index (χ0v) is 15.1. The largest absolute Gasteiger partial charge is 0.326 e. The van der Waals surface area contributed by atoms with Crippen molar-refractivity contribution in [3.63, 3.8) is 0 Å². The molecule has 2 N–H and O–H groups in total. The maximum absolute atomic E-state index is 12.1. The van der Waals surface area contributed by atoms with Crippen LogP contribution in [0.2, 0.25) is 10.0 Å². The van der Waals surface area contributed by atoms with Crippen molar-refractivity contribution in [2.24, 2.45) is 4.99 Å². The molecule has 2 rings (SSSR count). The number of hydrogen-bond acceptors (Lipinski definition) is 4. The molecular formula is C15H17Cl2N3O2S. The van der Waals surface area contributed by atoms with Gasteiger partial charge < -0.3 is 10.6 Å². The van der Waals surface area contributed by atoms with Crippen molar-refractivity contribution in [3.05, 3.63) is 28.2 Å². The first-order valence-corrected chi connectivity index (χ1v) is 8.82. The van der Waals surface area contributed by atoms with Crippen molar-refractivity contribution in [2.45, 2.75) is 38.0 Å². The highest BCUT2D eigenvalue weighted by atomic mass is 35.5. The highest BCUT2D eigenvalue weighted by Gasteiger charge is 2.32. The lowest BCUT2D eigenvalue weighted by Crippen LogP contribution is -2.28. The van der Waals surface area contributed by atoms with Crippen molar-refractivity contribution < 1.29 is 9.59 Å². The van der Waals surface area contributed by atoms with Gasteiger partial charge in [0.05, 0.1) is 10.0 Å². The van der Waals surface area contributed by atoms with Gasteiger partial charge in [0.25, 0.3) is 0 Å². The predicted molar refractivity (Wildman–Crippen MR) is 96.4 cm³/mol. The maximum Gasteiger partial charge on any atom is 0.240 e. The Kier molecular flexibility index (Phi) is 6.33. The second-order valence-electron chi connectivity index (χ2n) is 5.17. The number of aliphatic imine (C=N–C) groups is 1. The first-order valence-electron chi connectivity index (χ1n) is 7.19. The Hall–Kier alpha value is -1.24. The van der Waals surface area contributed by atoms with Crippen molar-refractivity contribution in [1.82, 2.24) is 5.32 Å². The molecule has 0 radical (unpaired) electrons. The summed E-state index contributed by atoms with van der Waals surface area (Å²) in [5, 5.41) is 6.31. The first-order chi connectivity index (χ1) is 10.9. The SMILES string of the molecule is CC[C@@H](C)N=C1NC(=O)[C@H](CC(=O)Nc2ccc(Cl)c(Cl)c2)S1. The van der Waals surface area contributed by atoms with Gasteiger partial charge in [-0.1, -0.05) is 41.9 Å². The summed E-state index contributed by atoms with van der Waals surface area (Å²) in [6, 6.07) is 4.97. The van der Waals surface area contributed by atoms with Crippen molar-refractivity contribution in [2.75, 3.05) is 5.32 Å². The number of rotatable bonds is 5. The van der Waals surface area contributed by atoms with E-state index < -0.39 is 5.25 Å². The van der Waals surface area contributed by atoms with Crippen LogP contribution in [0.15, 0.2) is 23.2 Å². The van der Waals surface area contributed by atoms with Crippen LogP contribution in [0.25, 0.3) is 0 Å². The summed E-state index contributed by atoms with van der Waals surface area (Å²) in [4.78, 5) is 28.4. The Morgan fingerprint density at radius 1 is 1.43 bits per heavy atom. The standard InChI is InChI=1S/C15H17Cl2N3O2S/c1-3-8(2)18-15-20-14(22)12(23-15)7-13(21)19-9-4-5-10(16)11(17)6-9/h4-6,8,12H,3,7H2,1-2H3,(H,19,21)(H,18,20,22)/t8-,12+/m1/s1. The first kappa shape index (κ1) is 18.1. The number of benzene rings is 1. The number of amidine groups is 1. The fourth-order valence-electron chi connectivity index (χ4n) is 1.85. The molecule has 2 atom stereocenters. The third-order valence-corrected chi connectivity index (χ3v) is 5.11. The Bertz CT molecular complexity index is 652. The number of hydrogen-bond donors (Lipinski definition) is 2. The molecule has 1 fully saturated rings. The molecule has 0 unspecified atom stereocenters. The van der Waals surface area contributed by atoms with Crippen LogP contribution in [0.5, 0.6) is 0 Å². The molecule has 1 saturated heterocycles. The van der Waals surface area contributed by atoms with E-state index >= 15 is 0 Å². The molecule has 23 heavy (non-hydrogen) atoms. The van der Waals surface area contributed by atoms with E-state index in [9.17, 15) is 9.59 Å². The Morgan fingerprint density at radius 3 is 2.83 bits per heavy atom. The quantitative estimate of drug-likeness (QED) is 0.826. The number of halogens is 2. The predicted octanol–water partition coefficient (Wildman–Crippen LogP) is 3.71. The van der Waals surface area contributed by atoms with Crippen LogP contribution in [0.1, 0.15) is 26.7 Å². The van der Waals surface area contributed by atoms with Crippen molar-refractivity contribution in [3.8, 4) is 0 Å². The monoisotopic (exact) mass is 373 g/mol. The average Bonchev–Trinajstić information content (AvgIpc) is 2.82. The van der Waals surface area contributed by atoms with Gasteiger partial charge in [0.15, 0.2) is 5.17 Å². The minimum atomic E-state index is -0.472. The molecule has 124 valence electrons. The summed E-state index contributed by atoms with van der Waals surface area (Å²) < 4.78 is 0. The van der Waals surface area contributed by atoms with Crippen LogP contribution < -0.4 is 10.6 Å². The van der Waals surface area contributed by atoms with E-state index in [0.717, 1.165) is 6.42 Å². The molecule has 2 amide bonds. The van der Waals surface area contributed by atoms with Crippen LogP contribution in [0.3, 0.4) is 0 Å². The Balaban J connectivity index is 1.94. The molecule has 0 spiro atoms. The third kappa shape index (κ3) is 5.12. The number of carbonyl (C=O) groups excluding carboxylic acids is 2. The fourth-order valence-corrected chi connectivity index (χ4v) is 3.22. The van der Waals surface area contributed by atoms with E-state index in [-0.39, 0.29) is 24.3 Å². The number of nitrogens with zero attached hydrogens (tertiary/aromatic N) is 1. The normalized spacial score (nSPS) is 20.4. The van der Waals surface area contributed by atoms with E-state index in [1.165, 1.54) is 11.8 Å². The van der Waals surface area contributed by atoms with Gasteiger partial charge in [-0.05, 0) is 31.5 Å². The molecule has 0 bridgehead atoms. The van der Waals surface area contributed by atoms with E-state index in [4.69, 9.17) is 23.2 Å². The Labute approximate surface area is 149 Å². The molecule has 1 aromatic carbocycles. The lowest BCUT2D eigenvalue weighted by Gasteiger charge is -2.08. The molecule has 1 aromatic rings. The maximum atomic E-state index is 12.1. The molecule has 5 nitrogen and oxygen atoms in total. The topological polar surface area (TPSA) is 70.6 Å².